The lowest BCUT2D eigenvalue weighted by Crippen LogP contribution is -2.45. The Labute approximate surface area is 111 Å². The molecular formula is C14H28N2O2. The van der Waals surface area contributed by atoms with Crippen molar-refractivity contribution in [2.45, 2.75) is 52.0 Å². The van der Waals surface area contributed by atoms with Crippen molar-refractivity contribution < 1.29 is 9.53 Å². The average Bonchev–Trinajstić information content (AvgIpc) is 2.66. The lowest BCUT2D eigenvalue weighted by atomic mass is 10.2. The highest BCUT2D eigenvalue weighted by molar-refractivity contribution is 5.81. The van der Waals surface area contributed by atoms with E-state index >= 15 is 0 Å². The number of rotatable bonds is 7. The Morgan fingerprint density at radius 1 is 1.28 bits per heavy atom. The SMILES string of the molecule is CCOCCCNC(C)C(=O)N1CCCCCC1. The summed E-state index contributed by atoms with van der Waals surface area (Å²) >= 11 is 0. The fourth-order valence-corrected chi connectivity index (χ4v) is 2.29. The summed E-state index contributed by atoms with van der Waals surface area (Å²) in [6.45, 7) is 8.22. The third-order valence-corrected chi connectivity index (χ3v) is 3.41. The molecule has 0 radical (unpaired) electrons. The van der Waals surface area contributed by atoms with E-state index < -0.39 is 0 Å². The van der Waals surface area contributed by atoms with Crippen molar-refractivity contribution in [1.82, 2.24) is 10.2 Å². The molecule has 0 spiro atoms. The van der Waals surface area contributed by atoms with Gasteiger partial charge in [0, 0.05) is 26.3 Å². The smallest absolute Gasteiger partial charge is 0.239 e. The highest BCUT2D eigenvalue weighted by Crippen LogP contribution is 2.10. The Bertz CT molecular complexity index is 226. The first-order valence-electron chi connectivity index (χ1n) is 7.35. The maximum Gasteiger partial charge on any atom is 0.239 e. The van der Waals surface area contributed by atoms with Gasteiger partial charge < -0.3 is 15.0 Å². The second kappa shape index (κ2) is 9.34. The summed E-state index contributed by atoms with van der Waals surface area (Å²) in [7, 11) is 0. The molecule has 0 aromatic carbocycles. The van der Waals surface area contributed by atoms with Crippen molar-refractivity contribution in [3.05, 3.63) is 0 Å². The Kier molecular flexibility index (Phi) is 8.01. The van der Waals surface area contributed by atoms with E-state index in [0.29, 0.717) is 0 Å². The van der Waals surface area contributed by atoms with Crippen LogP contribution in [-0.2, 0) is 9.53 Å². The number of likely N-dealkylation sites (tertiary alicyclic amines) is 1. The standard InChI is InChI=1S/C14H28N2O2/c1-3-18-12-8-9-15-13(2)14(17)16-10-6-4-5-7-11-16/h13,15H,3-12H2,1-2H3. The molecule has 1 saturated heterocycles. The first kappa shape index (κ1) is 15.4. The van der Waals surface area contributed by atoms with Gasteiger partial charge in [-0.05, 0) is 39.7 Å². The van der Waals surface area contributed by atoms with Crippen LogP contribution in [-0.4, -0.2) is 49.7 Å². The predicted molar refractivity (Wildman–Crippen MR) is 73.6 cm³/mol. The third-order valence-electron chi connectivity index (χ3n) is 3.41. The number of hydrogen-bond donors (Lipinski definition) is 1. The minimum atomic E-state index is -0.0651. The molecule has 1 N–H and O–H groups in total. The number of amides is 1. The molecule has 0 saturated carbocycles. The minimum absolute atomic E-state index is 0.0651. The van der Waals surface area contributed by atoms with Crippen molar-refractivity contribution in [3.63, 3.8) is 0 Å². The second-order valence-electron chi connectivity index (χ2n) is 4.97. The average molecular weight is 256 g/mol. The van der Waals surface area contributed by atoms with Crippen LogP contribution in [0.1, 0.15) is 46.0 Å². The number of ether oxygens (including phenoxy) is 1. The molecule has 4 nitrogen and oxygen atoms in total. The zero-order chi connectivity index (χ0) is 13.2. The molecule has 0 bridgehead atoms. The molecule has 4 heteroatoms. The fraction of sp³-hybridized carbons (Fsp3) is 0.929. The Balaban J connectivity index is 2.18. The summed E-state index contributed by atoms with van der Waals surface area (Å²) in [5.41, 5.74) is 0. The number of nitrogens with one attached hydrogen (secondary N) is 1. The third kappa shape index (κ3) is 5.83. The van der Waals surface area contributed by atoms with E-state index in [1.807, 2.05) is 18.7 Å². The maximum atomic E-state index is 12.2. The quantitative estimate of drug-likeness (QED) is 0.706. The van der Waals surface area contributed by atoms with Crippen LogP contribution in [0.15, 0.2) is 0 Å². The highest BCUT2D eigenvalue weighted by Gasteiger charge is 2.20. The molecule has 1 unspecified atom stereocenters. The summed E-state index contributed by atoms with van der Waals surface area (Å²) in [5, 5.41) is 3.29. The van der Waals surface area contributed by atoms with E-state index in [-0.39, 0.29) is 11.9 Å². The Morgan fingerprint density at radius 3 is 2.56 bits per heavy atom. The van der Waals surface area contributed by atoms with Crippen LogP contribution in [0.5, 0.6) is 0 Å². The monoisotopic (exact) mass is 256 g/mol. The highest BCUT2D eigenvalue weighted by atomic mass is 16.5. The van der Waals surface area contributed by atoms with Gasteiger partial charge in [-0.25, -0.2) is 0 Å². The Hall–Kier alpha value is -0.610. The van der Waals surface area contributed by atoms with E-state index in [1.54, 1.807) is 0 Å². The van der Waals surface area contributed by atoms with E-state index in [9.17, 15) is 4.79 Å². The van der Waals surface area contributed by atoms with Gasteiger partial charge in [-0.2, -0.15) is 0 Å². The van der Waals surface area contributed by atoms with Crippen LogP contribution >= 0.6 is 0 Å². The van der Waals surface area contributed by atoms with Crippen molar-refractivity contribution >= 4 is 5.91 Å². The summed E-state index contributed by atoms with van der Waals surface area (Å²) in [6.07, 6.45) is 5.80. The Morgan fingerprint density at radius 2 is 1.94 bits per heavy atom. The molecule has 106 valence electrons. The lowest BCUT2D eigenvalue weighted by molar-refractivity contribution is -0.133. The normalized spacial score (nSPS) is 18.4. The molecular weight excluding hydrogens is 228 g/mol. The first-order chi connectivity index (χ1) is 8.75. The molecule has 1 atom stereocenters. The second-order valence-corrected chi connectivity index (χ2v) is 4.97. The van der Waals surface area contributed by atoms with Gasteiger partial charge in [-0.1, -0.05) is 12.8 Å². The van der Waals surface area contributed by atoms with Gasteiger partial charge >= 0.3 is 0 Å². The van der Waals surface area contributed by atoms with Gasteiger partial charge in [0.25, 0.3) is 0 Å². The zero-order valence-corrected chi connectivity index (χ0v) is 11.9. The van der Waals surface area contributed by atoms with Crippen molar-refractivity contribution in [1.29, 1.82) is 0 Å². The molecule has 0 aromatic heterocycles. The fourth-order valence-electron chi connectivity index (χ4n) is 2.29. The molecule has 1 rings (SSSR count). The van der Waals surface area contributed by atoms with E-state index in [1.165, 1.54) is 12.8 Å². The number of hydrogen-bond acceptors (Lipinski definition) is 3. The number of carbonyl (C=O) groups is 1. The van der Waals surface area contributed by atoms with Crippen LogP contribution in [0, 0.1) is 0 Å². The van der Waals surface area contributed by atoms with Gasteiger partial charge in [-0.15, -0.1) is 0 Å². The predicted octanol–water partition coefficient (Wildman–Crippen LogP) is 1.79. The molecule has 1 aliphatic rings. The van der Waals surface area contributed by atoms with E-state index in [4.69, 9.17) is 4.74 Å². The lowest BCUT2D eigenvalue weighted by Gasteiger charge is -2.24. The molecule has 1 amide bonds. The van der Waals surface area contributed by atoms with Crippen molar-refractivity contribution in [2.75, 3.05) is 32.8 Å². The summed E-state index contributed by atoms with van der Waals surface area (Å²) in [6, 6.07) is -0.0651. The van der Waals surface area contributed by atoms with Gasteiger partial charge in [0.2, 0.25) is 5.91 Å². The van der Waals surface area contributed by atoms with Crippen LogP contribution in [0.4, 0.5) is 0 Å². The molecule has 0 aliphatic carbocycles. The van der Waals surface area contributed by atoms with Crippen LogP contribution in [0.3, 0.4) is 0 Å². The number of nitrogens with zero attached hydrogens (tertiary/aromatic N) is 1. The van der Waals surface area contributed by atoms with Crippen molar-refractivity contribution in [3.8, 4) is 0 Å². The molecule has 0 aromatic rings. The van der Waals surface area contributed by atoms with Crippen LogP contribution in [0.25, 0.3) is 0 Å². The van der Waals surface area contributed by atoms with Crippen molar-refractivity contribution in [2.24, 2.45) is 0 Å². The zero-order valence-electron chi connectivity index (χ0n) is 11.9. The summed E-state index contributed by atoms with van der Waals surface area (Å²) in [4.78, 5) is 14.2. The maximum absolute atomic E-state index is 12.2. The topological polar surface area (TPSA) is 41.6 Å². The summed E-state index contributed by atoms with van der Waals surface area (Å²) in [5.74, 6) is 0.258. The number of carbonyl (C=O) groups excluding carboxylic acids is 1. The molecule has 18 heavy (non-hydrogen) atoms. The van der Waals surface area contributed by atoms with E-state index in [0.717, 1.165) is 52.1 Å². The van der Waals surface area contributed by atoms with Gasteiger partial charge in [0.05, 0.1) is 6.04 Å². The minimum Gasteiger partial charge on any atom is -0.382 e. The van der Waals surface area contributed by atoms with Gasteiger partial charge in [-0.3, -0.25) is 4.79 Å². The van der Waals surface area contributed by atoms with Gasteiger partial charge in [0.15, 0.2) is 0 Å². The first-order valence-corrected chi connectivity index (χ1v) is 7.35. The molecule has 1 fully saturated rings. The van der Waals surface area contributed by atoms with Crippen LogP contribution in [0.2, 0.25) is 0 Å². The largest absolute Gasteiger partial charge is 0.382 e. The summed E-state index contributed by atoms with van der Waals surface area (Å²) < 4.78 is 5.27. The van der Waals surface area contributed by atoms with Gasteiger partial charge in [0.1, 0.15) is 0 Å². The van der Waals surface area contributed by atoms with E-state index in [2.05, 4.69) is 5.32 Å². The molecule has 1 heterocycles. The molecule has 1 aliphatic heterocycles. The van der Waals surface area contributed by atoms with Crippen LogP contribution < -0.4 is 5.32 Å².